The van der Waals surface area contributed by atoms with E-state index < -0.39 is 17.5 Å². The number of benzene rings is 1. The van der Waals surface area contributed by atoms with Crippen molar-refractivity contribution in [1.29, 1.82) is 5.26 Å². The number of rotatable bonds is 5. The molecule has 6 heteroatoms. The summed E-state index contributed by atoms with van der Waals surface area (Å²) < 4.78 is 0. The Bertz CT molecular complexity index is 645. The number of nitrogens with zero attached hydrogens (tertiary/aromatic N) is 1. The van der Waals surface area contributed by atoms with Gasteiger partial charge in [-0.15, -0.1) is 0 Å². The number of nitrogens with one attached hydrogen (secondary N) is 2. The van der Waals surface area contributed by atoms with E-state index in [1.807, 2.05) is 6.07 Å². The van der Waals surface area contributed by atoms with Crippen molar-refractivity contribution in [1.82, 2.24) is 5.32 Å². The molecule has 2 aliphatic rings. The quantitative estimate of drug-likeness (QED) is 0.776. The second-order valence-corrected chi connectivity index (χ2v) is 5.99. The highest BCUT2D eigenvalue weighted by atomic mass is 16.4. The number of carbonyl (C=O) groups is 2. The van der Waals surface area contributed by atoms with E-state index in [1.54, 1.807) is 24.3 Å². The topological polar surface area (TPSA) is 102 Å². The van der Waals surface area contributed by atoms with Gasteiger partial charge in [0.1, 0.15) is 5.54 Å². The zero-order chi connectivity index (χ0) is 15.7. The van der Waals surface area contributed by atoms with E-state index >= 15 is 0 Å². The van der Waals surface area contributed by atoms with Crippen LogP contribution >= 0.6 is 0 Å². The number of hydrogen-bond donors (Lipinski definition) is 3. The minimum absolute atomic E-state index is 0.0219. The first-order valence-corrected chi connectivity index (χ1v) is 7.39. The lowest BCUT2D eigenvalue weighted by atomic mass is 9.87. The first-order valence-electron chi connectivity index (χ1n) is 7.39. The molecule has 0 aliphatic heterocycles. The molecule has 0 unspecified atom stereocenters. The number of anilines is 1. The monoisotopic (exact) mass is 299 g/mol. The molecule has 114 valence electrons. The van der Waals surface area contributed by atoms with Crippen LogP contribution in [0.4, 0.5) is 10.5 Å². The highest BCUT2D eigenvalue weighted by molar-refractivity contribution is 5.94. The molecule has 0 saturated heterocycles. The summed E-state index contributed by atoms with van der Waals surface area (Å²) in [5.41, 5.74) is -0.231. The number of carboxylic acid groups (broad SMARTS) is 1. The van der Waals surface area contributed by atoms with E-state index in [-0.39, 0.29) is 11.8 Å². The zero-order valence-corrected chi connectivity index (χ0v) is 12.0. The number of urea groups is 1. The van der Waals surface area contributed by atoms with E-state index in [0.29, 0.717) is 11.3 Å². The average molecular weight is 299 g/mol. The predicted molar refractivity (Wildman–Crippen MR) is 79.1 cm³/mol. The Morgan fingerprint density at radius 3 is 2.36 bits per heavy atom. The van der Waals surface area contributed by atoms with Crippen LogP contribution in [0.15, 0.2) is 24.3 Å². The van der Waals surface area contributed by atoms with Crippen LogP contribution in [0.3, 0.4) is 0 Å². The summed E-state index contributed by atoms with van der Waals surface area (Å²) in [6.45, 7) is 0. The summed E-state index contributed by atoms with van der Waals surface area (Å²) in [7, 11) is 0. The Kier molecular flexibility index (Phi) is 3.49. The lowest BCUT2D eigenvalue weighted by molar-refractivity contribution is -0.146. The van der Waals surface area contributed by atoms with Gasteiger partial charge in [-0.2, -0.15) is 5.26 Å². The minimum Gasteiger partial charge on any atom is -0.479 e. The first-order chi connectivity index (χ1) is 10.6. The number of carbonyl (C=O) groups excluding carboxylic acids is 1. The maximum Gasteiger partial charge on any atom is 0.330 e. The van der Waals surface area contributed by atoms with E-state index in [2.05, 4.69) is 10.6 Å². The van der Waals surface area contributed by atoms with Gasteiger partial charge in [-0.05, 0) is 55.7 Å². The fourth-order valence-corrected chi connectivity index (χ4v) is 3.03. The average Bonchev–Trinajstić information content (AvgIpc) is 3.37. The predicted octanol–water partition coefficient (Wildman–Crippen LogP) is 2.32. The summed E-state index contributed by atoms with van der Waals surface area (Å²) in [5.74, 6) is -0.902. The fourth-order valence-electron chi connectivity index (χ4n) is 3.03. The number of carboxylic acids is 1. The van der Waals surface area contributed by atoms with Gasteiger partial charge in [0.25, 0.3) is 0 Å². The lowest BCUT2D eigenvalue weighted by Crippen LogP contribution is -2.59. The van der Waals surface area contributed by atoms with Gasteiger partial charge in [-0.1, -0.05) is 6.07 Å². The van der Waals surface area contributed by atoms with Crippen LogP contribution in [0.25, 0.3) is 0 Å². The van der Waals surface area contributed by atoms with Crippen molar-refractivity contribution in [3.05, 3.63) is 29.8 Å². The van der Waals surface area contributed by atoms with Crippen molar-refractivity contribution in [3.8, 4) is 6.07 Å². The Balaban J connectivity index is 1.74. The molecule has 1 aromatic carbocycles. The molecule has 0 bridgehead atoms. The molecule has 3 N–H and O–H groups in total. The van der Waals surface area contributed by atoms with E-state index in [1.165, 1.54) is 0 Å². The molecule has 22 heavy (non-hydrogen) atoms. The highest BCUT2D eigenvalue weighted by Gasteiger charge is 2.60. The molecule has 0 radical (unpaired) electrons. The third kappa shape index (κ3) is 2.62. The van der Waals surface area contributed by atoms with Crippen LogP contribution in [0.5, 0.6) is 0 Å². The molecular weight excluding hydrogens is 282 g/mol. The lowest BCUT2D eigenvalue weighted by Gasteiger charge is -2.31. The normalized spacial score (nSPS) is 17.4. The number of amides is 2. The van der Waals surface area contributed by atoms with Gasteiger partial charge in [0, 0.05) is 5.69 Å². The number of hydrogen-bond acceptors (Lipinski definition) is 3. The summed E-state index contributed by atoms with van der Waals surface area (Å²) >= 11 is 0. The standard InChI is InChI=1S/C16H17N3O3/c17-9-10-2-1-3-13(8-10)18-15(22)19-16(14(20)21,11-4-5-11)12-6-7-12/h1-3,8,11-12H,4-7H2,(H,20,21)(H2,18,19,22). The van der Waals surface area contributed by atoms with Gasteiger partial charge in [-0.25, -0.2) is 9.59 Å². The Morgan fingerprint density at radius 1 is 1.23 bits per heavy atom. The van der Waals surface area contributed by atoms with E-state index in [9.17, 15) is 14.7 Å². The largest absolute Gasteiger partial charge is 0.479 e. The van der Waals surface area contributed by atoms with Crippen LogP contribution in [-0.4, -0.2) is 22.6 Å². The fraction of sp³-hybridized carbons (Fsp3) is 0.438. The SMILES string of the molecule is N#Cc1cccc(NC(=O)NC(C(=O)O)(C2CC2)C2CC2)c1. The van der Waals surface area contributed by atoms with Crippen LogP contribution in [0, 0.1) is 23.2 Å². The smallest absolute Gasteiger partial charge is 0.330 e. The molecule has 0 spiro atoms. The first kappa shape index (κ1) is 14.4. The zero-order valence-electron chi connectivity index (χ0n) is 12.0. The van der Waals surface area contributed by atoms with E-state index in [0.717, 1.165) is 25.7 Å². The molecule has 0 heterocycles. The minimum atomic E-state index is -1.14. The maximum atomic E-state index is 12.2. The molecule has 6 nitrogen and oxygen atoms in total. The van der Waals surface area contributed by atoms with E-state index in [4.69, 9.17) is 5.26 Å². The summed E-state index contributed by atoms with van der Waals surface area (Å²) in [6.07, 6.45) is 3.36. The van der Waals surface area contributed by atoms with Crippen LogP contribution < -0.4 is 10.6 Å². The molecule has 2 fully saturated rings. The van der Waals surface area contributed by atoms with Crippen LogP contribution in [0.2, 0.25) is 0 Å². The maximum absolute atomic E-state index is 12.2. The number of aliphatic carboxylic acids is 1. The van der Waals surface area contributed by atoms with Crippen LogP contribution in [-0.2, 0) is 4.79 Å². The van der Waals surface area contributed by atoms with Gasteiger partial charge < -0.3 is 15.7 Å². The van der Waals surface area contributed by atoms with Gasteiger partial charge in [-0.3, -0.25) is 0 Å². The van der Waals surface area contributed by atoms with Crippen molar-refractivity contribution >= 4 is 17.7 Å². The molecule has 0 atom stereocenters. The molecule has 3 rings (SSSR count). The third-order valence-corrected chi connectivity index (χ3v) is 4.37. The molecule has 2 aliphatic carbocycles. The third-order valence-electron chi connectivity index (χ3n) is 4.37. The van der Waals surface area contributed by atoms with Crippen molar-refractivity contribution in [2.75, 3.05) is 5.32 Å². The summed E-state index contributed by atoms with van der Waals surface area (Å²) in [4.78, 5) is 24.0. The molecule has 2 saturated carbocycles. The van der Waals surface area contributed by atoms with Gasteiger partial charge in [0.15, 0.2) is 0 Å². The van der Waals surface area contributed by atoms with Crippen molar-refractivity contribution in [2.24, 2.45) is 11.8 Å². The molecule has 2 amide bonds. The molecule has 0 aromatic heterocycles. The van der Waals surface area contributed by atoms with Crippen LogP contribution in [0.1, 0.15) is 31.2 Å². The second-order valence-electron chi connectivity index (χ2n) is 5.99. The van der Waals surface area contributed by atoms with Gasteiger partial charge >= 0.3 is 12.0 Å². The Labute approximate surface area is 128 Å². The second kappa shape index (κ2) is 5.34. The van der Waals surface area contributed by atoms with Gasteiger partial charge in [0.2, 0.25) is 0 Å². The summed E-state index contributed by atoms with van der Waals surface area (Å²) in [6, 6.07) is 7.99. The van der Waals surface area contributed by atoms with Crippen molar-refractivity contribution in [2.45, 2.75) is 31.2 Å². The van der Waals surface area contributed by atoms with Gasteiger partial charge in [0.05, 0.1) is 11.6 Å². The number of nitriles is 1. The van der Waals surface area contributed by atoms with Crippen molar-refractivity contribution < 1.29 is 14.7 Å². The Hall–Kier alpha value is -2.55. The Morgan fingerprint density at radius 2 is 1.86 bits per heavy atom. The summed E-state index contributed by atoms with van der Waals surface area (Å²) in [5, 5.41) is 23.9. The molecular formula is C16H17N3O3. The molecule has 1 aromatic rings. The highest BCUT2D eigenvalue weighted by Crippen LogP contribution is 2.52. The van der Waals surface area contributed by atoms with Crippen molar-refractivity contribution in [3.63, 3.8) is 0 Å².